The number of ether oxygens (including phenoxy) is 1. The quantitative estimate of drug-likeness (QED) is 0.909. The van der Waals surface area contributed by atoms with Gasteiger partial charge in [0, 0.05) is 13.6 Å². The van der Waals surface area contributed by atoms with Crippen LogP contribution in [-0.4, -0.2) is 36.5 Å². The Hall–Kier alpha value is -2.80. The van der Waals surface area contributed by atoms with Crippen LogP contribution in [-0.2, 0) is 20.9 Å². The topological polar surface area (TPSA) is 58.6 Å². The fourth-order valence-electron chi connectivity index (χ4n) is 2.93. The third-order valence-electron chi connectivity index (χ3n) is 4.31. The van der Waals surface area contributed by atoms with E-state index in [2.05, 4.69) is 5.32 Å². The van der Waals surface area contributed by atoms with Crippen molar-refractivity contribution in [2.24, 2.45) is 0 Å². The number of hydrogen-bond donors (Lipinski definition) is 1. The van der Waals surface area contributed by atoms with E-state index in [4.69, 9.17) is 4.74 Å². The molecule has 1 aliphatic heterocycles. The highest BCUT2D eigenvalue weighted by Crippen LogP contribution is 2.29. The number of rotatable bonds is 4. The van der Waals surface area contributed by atoms with Gasteiger partial charge in [0.2, 0.25) is 5.91 Å². The molecule has 0 bridgehead atoms. The van der Waals surface area contributed by atoms with E-state index in [1.165, 1.54) is 41.3 Å². The zero-order valence-corrected chi connectivity index (χ0v) is 14.1. The standard InChI is InChI=1S/C19H18F2N2O3/c1-23-16(24)11-26-18(17(23)13-5-7-14(20)8-6-13)19(25)22-10-12-3-2-4-15(21)9-12/h2-9,17-18H,10-11H2,1H3,(H,22,25)/t17-,18-/m0/s1. The average molecular weight is 360 g/mol. The highest BCUT2D eigenvalue weighted by Gasteiger charge is 2.39. The first-order valence-corrected chi connectivity index (χ1v) is 8.10. The SMILES string of the molecule is CN1C(=O)CO[C@H](C(=O)NCc2cccc(F)c2)[C@@H]1c1ccc(F)cc1. The summed E-state index contributed by atoms with van der Waals surface area (Å²) < 4.78 is 31.9. The molecule has 2 aromatic rings. The summed E-state index contributed by atoms with van der Waals surface area (Å²) >= 11 is 0. The average Bonchev–Trinajstić information content (AvgIpc) is 2.63. The Kier molecular flexibility index (Phi) is 5.27. The van der Waals surface area contributed by atoms with Crippen molar-refractivity contribution in [3.8, 4) is 0 Å². The first kappa shape index (κ1) is 18.0. The molecule has 1 aliphatic rings. The van der Waals surface area contributed by atoms with Crippen molar-refractivity contribution in [3.05, 3.63) is 71.3 Å². The van der Waals surface area contributed by atoms with E-state index in [-0.39, 0.29) is 24.9 Å². The summed E-state index contributed by atoms with van der Waals surface area (Å²) in [6.07, 6.45) is -0.947. The molecule has 2 atom stereocenters. The summed E-state index contributed by atoms with van der Waals surface area (Å²) in [5.74, 6) is -1.50. The molecule has 0 spiro atoms. The second-order valence-electron chi connectivity index (χ2n) is 6.08. The minimum absolute atomic E-state index is 0.129. The molecule has 0 aliphatic carbocycles. The van der Waals surface area contributed by atoms with E-state index in [0.29, 0.717) is 11.1 Å². The largest absolute Gasteiger partial charge is 0.356 e. The molecule has 2 amide bonds. The van der Waals surface area contributed by atoms with Gasteiger partial charge in [-0.05, 0) is 35.4 Å². The normalized spacial score (nSPS) is 20.1. The molecule has 1 N–H and O–H groups in total. The predicted octanol–water partition coefficient (Wildman–Crippen LogP) is 2.18. The van der Waals surface area contributed by atoms with Gasteiger partial charge in [-0.1, -0.05) is 24.3 Å². The fraction of sp³-hybridized carbons (Fsp3) is 0.263. The van der Waals surface area contributed by atoms with E-state index in [1.807, 2.05) is 0 Å². The van der Waals surface area contributed by atoms with Gasteiger partial charge in [0.05, 0.1) is 6.04 Å². The first-order chi connectivity index (χ1) is 12.5. The van der Waals surface area contributed by atoms with Crippen LogP contribution in [0.5, 0.6) is 0 Å². The molecule has 5 nitrogen and oxygen atoms in total. The van der Waals surface area contributed by atoms with E-state index in [0.717, 1.165) is 0 Å². The van der Waals surface area contributed by atoms with E-state index in [1.54, 1.807) is 19.2 Å². The van der Waals surface area contributed by atoms with Crippen LogP contribution in [0.2, 0.25) is 0 Å². The molecule has 26 heavy (non-hydrogen) atoms. The Balaban J connectivity index is 1.77. The molecule has 1 heterocycles. The first-order valence-electron chi connectivity index (χ1n) is 8.10. The van der Waals surface area contributed by atoms with Crippen LogP contribution in [0.4, 0.5) is 8.78 Å². The Morgan fingerprint density at radius 2 is 1.92 bits per heavy atom. The molecule has 0 aromatic heterocycles. The molecule has 1 saturated heterocycles. The lowest BCUT2D eigenvalue weighted by Gasteiger charge is -2.38. The molecular weight excluding hydrogens is 342 g/mol. The highest BCUT2D eigenvalue weighted by atomic mass is 19.1. The number of morpholine rings is 1. The molecule has 7 heteroatoms. The van der Waals surface area contributed by atoms with Gasteiger partial charge >= 0.3 is 0 Å². The highest BCUT2D eigenvalue weighted by molar-refractivity contribution is 5.86. The van der Waals surface area contributed by atoms with Crippen molar-refractivity contribution in [1.29, 1.82) is 0 Å². The van der Waals surface area contributed by atoms with E-state index in [9.17, 15) is 18.4 Å². The van der Waals surface area contributed by atoms with E-state index < -0.39 is 23.9 Å². The van der Waals surface area contributed by atoms with Gasteiger partial charge in [0.1, 0.15) is 18.2 Å². The monoisotopic (exact) mass is 360 g/mol. The van der Waals surface area contributed by atoms with Gasteiger partial charge in [-0.25, -0.2) is 8.78 Å². The van der Waals surface area contributed by atoms with Crippen LogP contribution >= 0.6 is 0 Å². The van der Waals surface area contributed by atoms with Crippen molar-refractivity contribution in [1.82, 2.24) is 10.2 Å². The zero-order chi connectivity index (χ0) is 18.7. The maximum atomic E-state index is 13.2. The van der Waals surface area contributed by atoms with Crippen molar-refractivity contribution in [2.75, 3.05) is 13.7 Å². The van der Waals surface area contributed by atoms with Gasteiger partial charge in [-0.3, -0.25) is 9.59 Å². The number of nitrogens with one attached hydrogen (secondary N) is 1. The number of likely N-dealkylation sites (N-methyl/N-ethyl adjacent to an activating group) is 1. The van der Waals surface area contributed by atoms with Crippen LogP contribution in [0, 0.1) is 11.6 Å². The third-order valence-corrected chi connectivity index (χ3v) is 4.31. The van der Waals surface area contributed by atoms with Crippen molar-refractivity contribution in [2.45, 2.75) is 18.7 Å². The van der Waals surface area contributed by atoms with E-state index >= 15 is 0 Å². The Morgan fingerprint density at radius 3 is 2.62 bits per heavy atom. The van der Waals surface area contributed by atoms with Crippen LogP contribution < -0.4 is 5.32 Å². The summed E-state index contributed by atoms with van der Waals surface area (Å²) in [6.45, 7) is -0.0868. The molecule has 136 valence electrons. The summed E-state index contributed by atoms with van der Waals surface area (Å²) in [6, 6.07) is 10.8. The molecule has 0 unspecified atom stereocenters. The summed E-state index contributed by atoms with van der Waals surface area (Å²) in [5.41, 5.74) is 1.20. The third kappa shape index (κ3) is 3.88. The molecule has 3 rings (SSSR count). The zero-order valence-electron chi connectivity index (χ0n) is 14.1. The number of halogens is 2. The summed E-state index contributed by atoms with van der Waals surface area (Å²) in [7, 11) is 1.58. The molecule has 2 aromatic carbocycles. The smallest absolute Gasteiger partial charge is 0.251 e. The lowest BCUT2D eigenvalue weighted by Crippen LogP contribution is -2.52. The Bertz CT molecular complexity index is 811. The molecule has 0 radical (unpaired) electrons. The van der Waals surface area contributed by atoms with Crippen LogP contribution in [0.15, 0.2) is 48.5 Å². The number of carbonyl (C=O) groups is 2. The summed E-state index contributed by atoms with van der Waals surface area (Å²) in [4.78, 5) is 26.0. The summed E-state index contributed by atoms with van der Waals surface area (Å²) in [5, 5.41) is 2.70. The minimum atomic E-state index is -0.947. The number of carbonyl (C=O) groups excluding carboxylic acids is 2. The van der Waals surface area contributed by atoms with Crippen molar-refractivity contribution < 1.29 is 23.1 Å². The van der Waals surface area contributed by atoms with Gasteiger partial charge in [0.15, 0.2) is 6.10 Å². The van der Waals surface area contributed by atoms with Crippen molar-refractivity contribution >= 4 is 11.8 Å². The number of hydrogen-bond acceptors (Lipinski definition) is 3. The molecule has 0 saturated carbocycles. The van der Waals surface area contributed by atoms with Gasteiger partial charge in [-0.2, -0.15) is 0 Å². The Labute approximate surface area is 149 Å². The lowest BCUT2D eigenvalue weighted by atomic mass is 9.97. The van der Waals surface area contributed by atoms with Crippen LogP contribution in [0.25, 0.3) is 0 Å². The number of nitrogens with zero attached hydrogens (tertiary/aromatic N) is 1. The maximum absolute atomic E-state index is 13.2. The predicted molar refractivity (Wildman–Crippen MR) is 89.9 cm³/mol. The number of amides is 2. The molecular formula is C19H18F2N2O3. The number of benzene rings is 2. The second-order valence-corrected chi connectivity index (χ2v) is 6.08. The maximum Gasteiger partial charge on any atom is 0.251 e. The second kappa shape index (κ2) is 7.61. The van der Waals surface area contributed by atoms with Crippen LogP contribution in [0.3, 0.4) is 0 Å². The molecule has 1 fully saturated rings. The Morgan fingerprint density at radius 1 is 1.19 bits per heavy atom. The van der Waals surface area contributed by atoms with Crippen LogP contribution in [0.1, 0.15) is 17.2 Å². The lowest BCUT2D eigenvalue weighted by molar-refractivity contribution is -0.162. The van der Waals surface area contributed by atoms with Gasteiger partial charge in [-0.15, -0.1) is 0 Å². The van der Waals surface area contributed by atoms with Crippen molar-refractivity contribution in [3.63, 3.8) is 0 Å². The van der Waals surface area contributed by atoms with Gasteiger partial charge < -0.3 is 15.0 Å². The minimum Gasteiger partial charge on any atom is -0.356 e. The fourth-order valence-corrected chi connectivity index (χ4v) is 2.93. The van der Waals surface area contributed by atoms with Gasteiger partial charge in [0.25, 0.3) is 5.91 Å².